The first-order valence-corrected chi connectivity index (χ1v) is 4.37. The minimum Gasteiger partial charge on any atom is -0.281 e. The highest BCUT2D eigenvalue weighted by molar-refractivity contribution is 6.63. The third-order valence-electron chi connectivity index (χ3n) is 1.55. The first-order valence-electron chi connectivity index (χ1n) is 3.62. The van der Waals surface area contributed by atoms with E-state index in [4.69, 9.17) is 23.2 Å². The van der Waals surface area contributed by atoms with Crippen LogP contribution in [-0.4, -0.2) is 5.24 Å². The van der Waals surface area contributed by atoms with Crippen LogP contribution in [0.5, 0.6) is 0 Å². The molecule has 0 fully saturated rings. The van der Waals surface area contributed by atoms with Gasteiger partial charge in [-0.1, -0.05) is 29.8 Å². The largest absolute Gasteiger partial charge is 0.281 e. The van der Waals surface area contributed by atoms with Crippen molar-refractivity contribution in [2.45, 2.75) is 12.8 Å². The number of carbonyl (C=O) groups excluding carboxylic acids is 1. The zero-order valence-corrected chi connectivity index (χ0v) is 7.90. The predicted molar refractivity (Wildman–Crippen MR) is 50.6 cm³/mol. The van der Waals surface area contributed by atoms with Crippen molar-refractivity contribution in [2.24, 2.45) is 0 Å². The molecule has 0 radical (unpaired) electrons. The van der Waals surface area contributed by atoms with Crippen molar-refractivity contribution in [1.29, 1.82) is 0 Å². The summed E-state index contributed by atoms with van der Waals surface area (Å²) in [6.45, 7) is 0. The number of hydrogen-bond acceptors (Lipinski definition) is 1. The Labute approximate surface area is 81.3 Å². The molecule has 1 nitrogen and oxygen atoms in total. The summed E-state index contributed by atoms with van der Waals surface area (Å²) >= 11 is 11.1. The quantitative estimate of drug-likeness (QED) is 0.690. The van der Waals surface area contributed by atoms with Gasteiger partial charge in [-0.05, 0) is 29.7 Å². The zero-order chi connectivity index (χ0) is 8.97. The van der Waals surface area contributed by atoms with E-state index in [0.717, 1.165) is 5.56 Å². The molecule has 12 heavy (non-hydrogen) atoms. The highest BCUT2D eigenvalue weighted by Crippen LogP contribution is 2.16. The molecule has 1 aromatic carbocycles. The predicted octanol–water partition coefficient (Wildman–Crippen LogP) is 3.04. The van der Waals surface area contributed by atoms with Gasteiger partial charge in [0.1, 0.15) is 0 Å². The summed E-state index contributed by atoms with van der Waals surface area (Å²) in [6, 6.07) is 7.44. The second-order valence-corrected chi connectivity index (χ2v) is 3.28. The fraction of sp³-hybridized carbons (Fsp3) is 0.222. The molecule has 0 aromatic heterocycles. The minimum absolute atomic E-state index is 0.324. The molecule has 3 heteroatoms. The molecular formula is C9H8Cl2O. The number of halogens is 2. The SMILES string of the molecule is O=C(Cl)CCc1ccccc1Cl. The van der Waals surface area contributed by atoms with Crippen molar-refractivity contribution >= 4 is 28.4 Å². The standard InChI is InChI=1S/C9H8Cl2O/c10-8-4-2-1-3-7(8)5-6-9(11)12/h1-4H,5-6H2. The lowest BCUT2D eigenvalue weighted by molar-refractivity contribution is -0.111. The van der Waals surface area contributed by atoms with E-state index >= 15 is 0 Å². The second kappa shape index (κ2) is 4.48. The van der Waals surface area contributed by atoms with E-state index in [2.05, 4.69) is 0 Å². The molecule has 0 aliphatic heterocycles. The van der Waals surface area contributed by atoms with Crippen molar-refractivity contribution in [3.8, 4) is 0 Å². The maximum atomic E-state index is 10.5. The highest BCUT2D eigenvalue weighted by Gasteiger charge is 2.01. The fourth-order valence-electron chi connectivity index (χ4n) is 0.934. The smallest absolute Gasteiger partial charge is 0.221 e. The van der Waals surface area contributed by atoms with Gasteiger partial charge in [0, 0.05) is 11.4 Å². The average molecular weight is 203 g/mol. The Hall–Kier alpha value is -0.530. The molecule has 0 saturated carbocycles. The van der Waals surface area contributed by atoms with Crippen molar-refractivity contribution in [3.05, 3.63) is 34.9 Å². The van der Waals surface area contributed by atoms with Gasteiger partial charge in [-0.25, -0.2) is 0 Å². The van der Waals surface area contributed by atoms with Gasteiger partial charge in [0.05, 0.1) is 0 Å². The van der Waals surface area contributed by atoms with E-state index in [9.17, 15) is 4.79 Å². The molecule has 0 N–H and O–H groups in total. The van der Waals surface area contributed by atoms with Gasteiger partial charge >= 0.3 is 0 Å². The second-order valence-electron chi connectivity index (χ2n) is 2.45. The lowest BCUT2D eigenvalue weighted by Crippen LogP contribution is -1.91. The zero-order valence-electron chi connectivity index (χ0n) is 6.39. The van der Waals surface area contributed by atoms with Crippen molar-refractivity contribution in [2.75, 3.05) is 0 Å². The van der Waals surface area contributed by atoms with Crippen LogP contribution in [0.3, 0.4) is 0 Å². The topological polar surface area (TPSA) is 17.1 Å². The maximum Gasteiger partial charge on any atom is 0.221 e. The number of hydrogen-bond donors (Lipinski definition) is 0. The van der Waals surface area contributed by atoms with E-state index in [1.54, 1.807) is 6.07 Å². The highest BCUT2D eigenvalue weighted by atomic mass is 35.5. The Bertz CT molecular complexity index is 284. The monoisotopic (exact) mass is 202 g/mol. The Morgan fingerprint density at radius 3 is 2.58 bits per heavy atom. The first-order chi connectivity index (χ1) is 5.70. The van der Waals surface area contributed by atoms with E-state index < -0.39 is 0 Å². The third kappa shape index (κ3) is 2.84. The van der Waals surface area contributed by atoms with Crippen LogP contribution < -0.4 is 0 Å². The van der Waals surface area contributed by atoms with Crippen molar-refractivity contribution in [1.82, 2.24) is 0 Å². The molecule has 64 valence electrons. The number of rotatable bonds is 3. The first kappa shape index (κ1) is 9.56. The molecule has 0 bridgehead atoms. The van der Waals surface area contributed by atoms with Crippen LogP contribution in [-0.2, 0) is 11.2 Å². The van der Waals surface area contributed by atoms with Gasteiger partial charge in [0.15, 0.2) is 0 Å². The van der Waals surface area contributed by atoms with Crippen LogP contribution in [0, 0.1) is 0 Å². The molecule has 1 aromatic rings. The average Bonchev–Trinajstić information content (AvgIpc) is 2.03. The number of carbonyl (C=O) groups is 1. The lowest BCUT2D eigenvalue weighted by atomic mass is 10.1. The maximum absolute atomic E-state index is 10.5. The van der Waals surface area contributed by atoms with E-state index in [1.807, 2.05) is 18.2 Å². The van der Waals surface area contributed by atoms with Crippen LogP contribution in [0.4, 0.5) is 0 Å². The van der Waals surface area contributed by atoms with Crippen molar-refractivity contribution < 1.29 is 4.79 Å². The van der Waals surface area contributed by atoms with Crippen LogP contribution >= 0.6 is 23.2 Å². The van der Waals surface area contributed by atoms with Gasteiger partial charge in [-0.2, -0.15) is 0 Å². The molecule has 0 aliphatic rings. The molecule has 0 saturated heterocycles. The van der Waals surface area contributed by atoms with E-state index in [-0.39, 0.29) is 5.24 Å². The summed E-state index contributed by atoms with van der Waals surface area (Å²) in [6.07, 6.45) is 0.952. The lowest BCUT2D eigenvalue weighted by Gasteiger charge is -1.99. The summed E-state index contributed by atoms with van der Waals surface area (Å²) in [7, 11) is 0. The van der Waals surface area contributed by atoms with Crippen LogP contribution in [0.2, 0.25) is 5.02 Å². The Kier molecular flexibility index (Phi) is 3.57. The van der Waals surface area contributed by atoms with E-state index in [1.165, 1.54) is 0 Å². The Morgan fingerprint density at radius 2 is 2.00 bits per heavy atom. The summed E-state index contributed by atoms with van der Waals surface area (Å²) in [5, 5.41) is 0.366. The minimum atomic E-state index is -0.324. The van der Waals surface area contributed by atoms with Crippen LogP contribution in [0.1, 0.15) is 12.0 Å². The molecular weight excluding hydrogens is 195 g/mol. The van der Waals surface area contributed by atoms with Gasteiger partial charge in [0.25, 0.3) is 0 Å². The summed E-state index contributed by atoms with van der Waals surface area (Å²) < 4.78 is 0. The normalized spacial score (nSPS) is 9.83. The summed E-state index contributed by atoms with van der Waals surface area (Å²) in [4.78, 5) is 10.5. The number of benzene rings is 1. The van der Waals surface area contributed by atoms with Gasteiger partial charge in [-0.15, -0.1) is 0 Å². The van der Waals surface area contributed by atoms with Gasteiger partial charge in [0.2, 0.25) is 5.24 Å². The van der Waals surface area contributed by atoms with Gasteiger partial charge in [-0.3, -0.25) is 4.79 Å². The fourth-order valence-corrected chi connectivity index (χ4v) is 1.26. The summed E-state index contributed by atoms with van der Waals surface area (Å²) in [5.74, 6) is 0. The Balaban J connectivity index is 2.63. The van der Waals surface area contributed by atoms with Crippen LogP contribution in [0.25, 0.3) is 0 Å². The molecule has 0 aliphatic carbocycles. The molecule has 0 amide bonds. The Morgan fingerprint density at radius 1 is 1.33 bits per heavy atom. The van der Waals surface area contributed by atoms with Crippen molar-refractivity contribution in [3.63, 3.8) is 0 Å². The number of aryl methyl sites for hydroxylation is 1. The van der Waals surface area contributed by atoms with Gasteiger partial charge < -0.3 is 0 Å². The molecule has 1 rings (SSSR count). The molecule has 0 spiro atoms. The summed E-state index contributed by atoms with van der Waals surface area (Å²) in [5.41, 5.74) is 0.966. The third-order valence-corrected chi connectivity index (χ3v) is 2.11. The van der Waals surface area contributed by atoms with Crippen LogP contribution in [0.15, 0.2) is 24.3 Å². The molecule has 0 unspecified atom stereocenters. The molecule has 0 heterocycles. The molecule has 0 atom stereocenters. The van der Waals surface area contributed by atoms with E-state index in [0.29, 0.717) is 17.9 Å².